The van der Waals surface area contributed by atoms with Crippen LogP contribution in [0.4, 0.5) is 0 Å². The van der Waals surface area contributed by atoms with Gasteiger partial charge in [-0.25, -0.2) is 4.98 Å². The zero-order chi connectivity index (χ0) is 32.8. The molecule has 0 amide bonds. The van der Waals surface area contributed by atoms with Gasteiger partial charge in [0.05, 0.1) is 22.4 Å². The van der Waals surface area contributed by atoms with E-state index in [9.17, 15) is 5.26 Å². The van der Waals surface area contributed by atoms with Gasteiger partial charge in [-0.15, -0.1) is 0 Å². The van der Waals surface area contributed by atoms with E-state index in [1.807, 2.05) is 18.2 Å². The van der Waals surface area contributed by atoms with Crippen molar-refractivity contribution in [3.05, 3.63) is 204 Å². The Balaban J connectivity index is 1.37. The molecule has 9 rings (SSSR count). The van der Waals surface area contributed by atoms with Gasteiger partial charge in [0.15, 0.2) is 0 Å². The lowest BCUT2D eigenvalue weighted by Crippen LogP contribution is -2.28. The molecule has 0 atom stereocenters. The lowest BCUT2D eigenvalue weighted by molar-refractivity contribution is 0.769. The lowest BCUT2D eigenvalue weighted by Gasteiger charge is -2.34. The van der Waals surface area contributed by atoms with Crippen molar-refractivity contribution in [2.24, 2.45) is 0 Å². The third-order valence-electron chi connectivity index (χ3n) is 9.85. The summed E-state index contributed by atoms with van der Waals surface area (Å²) in [4.78, 5) is 9.39. The molecule has 0 spiro atoms. The van der Waals surface area contributed by atoms with Gasteiger partial charge in [-0.2, -0.15) is 5.26 Å². The first-order chi connectivity index (χ1) is 24.3. The summed E-state index contributed by atoms with van der Waals surface area (Å²) in [5, 5.41) is 12.0. The third kappa shape index (κ3) is 4.50. The topological polar surface area (TPSA) is 49.6 Å². The molecule has 0 bridgehead atoms. The summed E-state index contributed by atoms with van der Waals surface area (Å²) in [6.07, 6.45) is 3.34. The zero-order valence-corrected chi connectivity index (χ0v) is 26.6. The maximum Gasteiger partial charge on any atom is 0.101 e. The van der Waals surface area contributed by atoms with Crippen LogP contribution in [0.2, 0.25) is 0 Å². The molecule has 6 aromatic carbocycles. The highest BCUT2D eigenvalue weighted by Crippen LogP contribution is 2.59. The average molecular weight is 624 g/mol. The molecule has 3 nitrogen and oxygen atoms in total. The number of nitriles is 1. The molecular weight excluding hydrogens is 595 g/mol. The molecule has 49 heavy (non-hydrogen) atoms. The van der Waals surface area contributed by atoms with Crippen LogP contribution in [0, 0.1) is 11.3 Å². The third-order valence-corrected chi connectivity index (χ3v) is 9.85. The molecule has 1 aliphatic carbocycles. The molecular formula is C46H29N3. The second-order valence-electron chi connectivity index (χ2n) is 12.5. The number of nitrogens with zero attached hydrogens (tertiary/aromatic N) is 3. The van der Waals surface area contributed by atoms with E-state index >= 15 is 0 Å². The molecule has 3 heteroatoms. The summed E-state index contributed by atoms with van der Waals surface area (Å²) in [7, 11) is 0. The summed E-state index contributed by atoms with van der Waals surface area (Å²) in [5.41, 5.74) is 13.3. The van der Waals surface area contributed by atoms with Gasteiger partial charge in [-0.1, -0.05) is 133 Å². The first kappa shape index (κ1) is 28.6. The van der Waals surface area contributed by atoms with Gasteiger partial charge < -0.3 is 0 Å². The highest BCUT2D eigenvalue weighted by Gasteiger charge is 2.47. The number of hydrogen-bond acceptors (Lipinski definition) is 3. The summed E-state index contributed by atoms with van der Waals surface area (Å²) in [6, 6.07) is 60.8. The van der Waals surface area contributed by atoms with E-state index in [2.05, 4.69) is 157 Å². The van der Waals surface area contributed by atoms with Crippen LogP contribution in [-0.2, 0) is 5.41 Å². The van der Waals surface area contributed by atoms with Gasteiger partial charge in [0.2, 0.25) is 0 Å². The molecule has 0 radical (unpaired) electrons. The highest BCUT2D eigenvalue weighted by atomic mass is 14.7. The van der Waals surface area contributed by atoms with E-state index in [0.717, 1.165) is 22.5 Å². The first-order valence-electron chi connectivity index (χ1n) is 16.5. The maximum atomic E-state index is 9.48. The molecule has 8 aromatic rings. The maximum absolute atomic E-state index is 9.48. The molecule has 2 heterocycles. The van der Waals surface area contributed by atoms with Crippen LogP contribution in [0.25, 0.3) is 55.5 Å². The Hall–Kier alpha value is -6.63. The average Bonchev–Trinajstić information content (AvgIpc) is 3.49. The SMILES string of the molecule is N#Cc1cncc(-c2cccc(-c3ccc4c(c3)C(c3ccccc3)(c3ccccc3)c3cc(-c5ccccc5)c5ccccc5c3-4)n2)c1. The van der Waals surface area contributed by atoms with Gasteiger partial charge in [-0.3, -0.25) is 4.98 Å². The van der Waals surface area contributed by atoms with E-state index in [1.165, 1.54) is 55.3 Å². The quantitative estimate of drug-likeness (QED) is 0.192. The molecule has 0 N–H and O–H groups in total. The van der Waals surface area contributed by atoms with Crippen LogP contribution in [0.1, 0.15) is 27.8 Å². The van der Waals surface area contributed by atoms with E-state index in [1.54, 1.807) is 12.4 Å². The highest BCUT2D eigenvalue weighted by molar-refractivity contribution is 6.10. The van der Waals surface area contributed by atoms with Crippen LogP contribution in [0.3, 0.4) is 0 Å². The number of hydrogen-bond donors (Lipinski definition) is 0. The number of pyridine rings is 2. The predicted molar refractivity (Wildman–Crippen MR) is 198 cm³/mol. The normalized spacial score (nSPS) is 12.6. The van der Waals surface area contributed by atoms with E-state index in [-0.39, 0.29) is 0 Å². The number of rotatable bonds is 5. The van der Waals surface area contributed by atoms with Crippen LogP contribution in [0.5, 0.6) is 0 Å². The molecule has 228 valence electrons. The molecule has 0 fully saturated rings. The van der Waals surface area contributed by atoms with E-state index < -0.39 is 5.41 Å². The summed E-state index contributed by atoms with van der Waals surface area (Å²) < 4.78 is 0. The Kier molecular flexibility index (Phi) is 6.74. The fraction of sp³-hybridized carbons (Fsp3) is 0.0217. The zero-order valence-electron chi connectivity index (χ0n) is 26.6. The summed E-state index contributed by atoms with van der Waals surface area (Å²) in [6.45, 7) is 0. The monoisotopic (exact) mass is 623 g/mol. The molecule has 1 aliphatic rings. The van der Waals surface area contributed by atoms with Crippen LogP contribution >= 0.6 is 0 Å². The summed E-state index contributed by atoms with van der Waals surface area (Å²) in [5.74, 6) is 0. The van der Waals surface area contributed by atoms with Gasteiger partial charge in [0.25, 0.3) is 0 Å². The Bertz CT molecular complexity index is 2510. The van der Waals surface area contributed by atoms with Crippen LogP contribution in [0.15, 0.2) is 176 Å². The standard InChI is InChI=1S/C46H29N3/c47-28-31-25-34(30-48-29-31)44-22-12-21-43(49-44)33-23-24-39-41(26-33)46(35-15-6-2-7-16-35,36-17-8-3-9-18-36)42-27-40(32-13-4-1-5-14-32)37-19-10-11-20-38(37)45(39)42/h1-27,29-30H. The minimum absolute atomic E-state index is 0.512. The summed E-state index contributed by atoms with van der Waals surface area (Å²) >= 11 is 0. The fourth-order valence-electron chi connectivity index (χ4n) is 7.76. The number of aromatic nitrogens is 2. The Labute approximate surface area is 285 Å². The van der Waals surface area contributed by atoms with Crippen LogP contribution < -0.4 is 0 Å². The fourth-order valence-corrected chi connectivity index (χ4v) is 7.76. The van der Waals surface area contributed by atoms with Crippen LogP contribution in [-0.4, -0.2) is 9.97 Å². The largest absolute Gasteiger partial charge is 0.263 e. The Morgan fingerprint density at radius 2 is 1.10 bits per heavy atom. The molecule has 0 saturated heterocycles. The van der Waals surface area contributed by atoms with Crippen molar-refractivity contribution < 1.29 is 0 Å². The second kappa shape index (κ2) is 11.6. The van der Waals surface area contributed by atoms with Crippen molar-refractivity contribution >= 4 is 10.8 Å². The van der Waals surface area contributed by atoms with Crippen molar-refractivity contribution in [2.45, 2.75) is 5.41 Å². The van der Waals surface area contributed by atoms with Crippen molar-refractivity contribution in [1.82, 2.24) is 9.97 Å². The number of fused-ring (bicyclic) bond motifs is 5. The molecule has 0 aliphatic heterocycles. The van der Waals surface area contributed by atoms with Gasteiger partial charge in [0.1, 0.15) is 6.07 Å². The van der Waals surface area contributed by atoms with Gasteiger partial charge in [-0.05, 0) is 85.6 Å². The number of benzene rings is 6. The van der Waals surface area contributed by atoms with E-state index in [0.29, 0.717) is 5.56 Å². The van der Waals surface area contributed by atoms with Crippen molar-refractivity contribution in [2.75, 3.05) is 0 Å². The molecule has 0 saturated carbocycles. The molecule has 0 unspecified atom stereocenters. The van der Waals surface area contributed by atoms with Crippen molar-refractivity contribution in [3.8, 4) is 50.8 Å². The van der Waals surface area contributed by atoms with Gasteiger partial charge >= 0.3 is 0 Å². The lowest BCUT2D eigenvalue weighted by atomic mass is 9.67. The molecule has 2 aromatic heterocycles. The van der Waals surface area contributed by atoms with Gasteiger partial charge in [0, 0.05) is 23.5 Å². The first-order valence-corrected chi connectivity index (χ1v) is 16.5. The second-order valence-corrected chi connectivity index (χ2v) is 12.5. The van der Waals surface area contributed by atoms with E-state index in [4.69, 9.17) is 4.98 Å². The van der Waals surface area contributed by atoms with Crippen molar-refractivity contribution in [1.29, 1.82) is 5.26 Å². The predicted octanol–water partition coefficient (Wildman–Crippen LogP) is 10.9. The Morgan fingerprint density at radius 3 is 1.80 bits per heavy atom. The minimum atomic E-state index is -0.584. The Morgan fingerprint density at radius 1 is 0.469 bits per heavy atom. The van der Waals surface area contributed by atoms with Crippen molar-refractivity contribution in [3.63, 3.8) is 0 Å². The smallest absolute Gasteiger partial charge is 0.101 e. The minimum Gasteiger partial charge on any atom is -0.263 e.